The molecule has 0 saturated heterocycles. The zero-order chi connectivity index (χ0) is 20.4. The number of hydrogen-bond acceptors (Lipinski definition) is 4. The first-order chi connectivity index (χ1) is 14.1. The minimum Gasteiger partial charge on any atom is -0.466 e. The van der Waals surface area contributed by atoms with Gasteiger partial charge in [0.25, 0.3) is 5.56 Å². The van der Waals surface area contributed by atoms with Crippen LogP contribution in [0, 0.1) is 6.92 Å². The van der Waals surface area contributed by atoms with E-state index in [9.17, 15) is 9.59 Å². The Morgan fingerprint density at radius 2 is 1.66 bits per heavy atom. The third-order valence-electron chi connectivity index (χ3n) is 4.83. The second-order valence-electron chi connectivity index (χ2n) is 6.72. The van der Waals surface area contributed by atoms with Crippen molar-refractivity contribution in [1.82, 2.24) is 14.6 Å². The van der Waals surface area contributed by atoms with E-state index >= 15 is 0 Å². The van der Waals surface area contributed by atoms with Crippen molar-refractivity contribution in [3.8, 4) is 22.4 Å². The van der Waals surface area contributed by atoms with Gasteiger partial charge in [-0.25, -0.2) is 9.50 Å². The molecule has 0 radical (unpaired) electrons. The molecule has 0 spiro atoms. The monoisotopic (exact) mass is 387 g/mol. The molecule has 0 unspecified atom stereocenters. The van der Waals surface area contributed by atoms with Gasteiger partial charge >= 0.3 is 5.97 Å². The van der Waals surface area contributed by atoms with Crippen LogP contribution in [-0.2, 0) is 16.0 Å². The van der Waals surface area contributed by atoms with Crippen molar-refractivity contribution in [2.75, 3.05) is 6.61 Å². The molecule has 2 heterocycles. The van der Waals surface area contributed by atoms with E-state index < -0.39 is 5.97 Å². The summed E-state index contributed by atoms with van der Waals surface area (Å²) in [6.45, 7) is 3.76. The minimum atomic E-state index is -0.437. The van der Waals surface area contributed by atoms with E-state index in [0.717, 1.165) is 22.4 Å². The van der Waals surface area contributed by atoms with E-state index in [2.05, 4.69) is 5.10 Å². The highest BCUT2D eigenvalue weighted by atomic mass is 16.5. The molecule has 0 saturated carbocycles. The van der Waals surface area contributed by atoms with Gasteiger partial charge in [0.05, 0.1) is 29.8 Å². The average molecular weight is 387 g/mol. The van der Waals surface area contributed by atoms with Crippen LogP contribution < -0.4 is 5.56 Å². The molecule has 0 bridgehead atoms. The van der Waals surface area contributed by atoms with E-state index in [1.165, 1.54) is 4.52 Å². The molecule has 6 heteroatoms. The van der Waals surface area contributed by atoms with Crippen molar-refractivity contribution >= 4 is 11.6 Å². The maximum atomic E-state index is 13.2. The number of carbonyl (C=O) groups excluding carboxylic acids is 1. The van der Waals surface area contributed by atoms with Crippen LogP contribution in [0.1, 0.15) is 18.2 Å². The molecular formula is C23H21N3O3. The molecule has 4 aromatic rings. The van der Waals surface area contributed by atoms with E-state index in [0.29, 0.717) is 16.9 Å². The largest absolute Gasteiger partial charge is 0.466 e. The number of hydrogen-bond donors (Lipinski definition) is 1. The van der Waals surface area contributed by atoms with Crippen LogP contribution in [0.15, 0.2) is 65.5 Å². The van der Waals surface area contributed by atoms with Crippen molar-refractivity contribution < 1.29 is 9.53 Å². The first-order valence-electron chi connectivity index (χ1n) is 9.50. The number of rotatable bonds is 5. The van der Waals surface area contributed by atoms with Gasteiger partial charge in [-0.05, 0) is 19.4 Å². The Kier molecular flexibility index (Phi) is 4.99. The topological polar surface area (TPSA) is 76.5 Å². The van der Waals surface area contributed by atoms with Gasteiger partial charge in [0.15, 0.2) is 5.65 Å². The summed E-state index contributed by atoms with van der Waals surface area (Å²) in [6, 6.07) is 19.6. The lowest BCUT2D eigenvalue weighted by Gasteiger charge is -2.06. The summed E-state index contributed by atoms with van der Waals surface area (Å²) in [5.41, 5.74) is 4.65. The minimum absolute atomic E-state index is 0.102. The molecule has 0 aliphatic heterocycles. The number of nitrogens with zero attached hydrogens (tertiary/aromatic N) is 2. The van der Waals surface area contributed by atoms with Gasteiger partial charge in [0, 0.05) is 11.3 Å². The summed E-state index contributed by atoms with van der Waals surface area (Å²) in [6.07, 6.45) is -0.102. The van der Waals surface area contributed by atoms with Gasteiger partial charge in [0.1, 0.15) is 0 Å². The second kappa shape index (κ2) is 7.75. The maximum Gasteiger partial charge on any atom is 0.310 e. The van der Waals surface area contributed by atoms with Crippen molar-refractivity contribution in [1.29, 1.82) is 0 Å². The van der Waals surface area contributed by atoms with E-state index in [1.807, 2.05) is 60.7 Å². The molecule has 4 rings (SSSR count). The molecule has 0 amide bonds. The number of ether oxygens (including phenoxy) is 1. The number of aryl methyl sites for hydroxylation is 1. The van der Waals surface area contributed by atoms with Crippen molar-refractivity contribution in [2.45, 2.75) is 20.3 Å². The van der Waals surface area contributed by atoms with Crippen molar-refractivity contribution in [3.05, 3.63) is 82.3 Å². The van der Waals surface area contributed by atoms with Crippen LogP contribution >= 0.6 is 0 Å². The van der Waals surface area contributed by atoms with Gasteiger partial charge in [-0.2, -0.15) is 0 Å². The second-order valence-corrected chi connectivity index (χ2v) is 6.72. The number of aromatic amines is 1. The van der Waals surface area contributed by atoms with Gasteiger partial charge < -0.3 is 4.74 Å². The fourth-order valence-corrected chi connectivity index (χ4v) is 3.47. The molecule has 0 atom stereocenters. The van der Waals surface area contributed by atoms with Gasteiger partial charge in [-0.1, -0.05) is 60.7 Å². The van der Waals surface area contributed by atoms with Crippen LogP contribution in [-0.4, -0.2) is 27.2 Å². The van der Waals surface area contributed by atoms with E-state index in [4.69, 9.17) is 9.72 Å². The first kappa shape index (κ1) is 18.7. The predicted molar refractivity (Wildman–Crippen MR) is 112 cm³/mol. The summed E-state index contributed by atoms with van der Waals surface area (Å²) in [5.74, 6) is -0.437. The molecule has 0 aliphatic rings. The molecular weight excluding hydrogens is 366 g/mol. The summed E-state index contributed by atoms with van der Waals surface area (Å²) >= 11 is 0. The molecule has 0 aliphatic carbocycles. The number of carbonyl (C=O) groups is 1. The molecule has 1 N–H and O–H groups in total. The highest BCUT2D eigenvalue weighted by molar-refractivity contribution is 5.90. The van der Waals surface area contributed by atoms with Crippen LogP contribution in [0.3, 0.4) is 0 Å². The third-order valence-corrected chi connectivity index (χ3v) is 4.83. The fraction of sp³-hybridized carbons (Fsp3) is 0.174. The number of benzene rings is 2. The van der Waals surface area contributed by atoms with Crippen LogP contribution in [0.25, 0.3) is 28.0 Å². The fourth-order valence-electron chi connectivity index (χ4n) is 3.47. The van der Waals surface area contributed by atoms with Crippen LogP contribution in [0.4, 0.5) is 0 Å². The zero-order valence-corrected chi connectivity index (χ0v) is 16.3. The van der Waals surface area contributed by atoms with Gasteiger partial charge in [-0.15, -0.1) is 0 Å². The average Bonchev–Trinajstić information content (AvgIpc) is 3.12. The quantitative estimate of drug-likeness (QED) is 0.529. The lowest BCUT2D eigenvalue weighted by molar-refractivity contribution is -0.142. The lowest BCUT2D eigenvalue weighted by atomic mass is 10.0. The zero-order valence-electron chi connectivity index (χ0n) is 16.3. The Labute approximate surface area is 167 Å². The van der Waals surface area contributed by atoms with Gasteiger partial charge in [-0.3, -0.25) is 14.7 Å². The maximum absolute atomic E-state index is 13.2. The van der Waals surface area contributed by atoms with Crippen LogP contribution in [0.2, 0.25) is 0 Å². The number of nitrogens with one attached hydrogen (secondary N) is 1. The highest BCUT2D eigenvalue weighted by Crippen LogP contribution is 2.33. The Balaban J connectivity index is 1.99. The molecule has 2 aromatic carbocycles. The summed E-state index contributed by atoms with van der Waals surface area (Å²) in [7, 11) is 0. The SMILES string of the molecule is CCOC(=O)Cc1c(C)nc2c(-c3ccccc3)c(-c3ccccc3)[nH]n2c1=O. The molecule has 2 aromatic heterocycles. The molecule has 29 heavy (non-hydrogen) atoms. The Morgan fingerprint density at radius 1 is 1.03 bits per heavy atom. The standard InChI is InChI=1S/C23H21N3O3/c1-3-29-19(27)14-18-15(2)24-22-20(16-10-6-4-7-11-16)21(25-26(22)23(18)28)17-12-8-5-9-13-17/h4-13,25H,3,14H2,1-2H3. The summed E-state index contributed by atoms with van der Waals surface area (Å²) in [5, 5.41) is 3.21. The number of H-pyrrole nitrogens is 1. The highest BCUT2D eigenvalue weighted by Gasteiger charge is 2.21. The van der Waals surface area contributed by atoms with E-state index in [-0.39, 0.29) is 18.6 Å². The Bertz CT molecular complexity index is 1230. The van der Waals surface area contributed by atoms with Gasteiger partial charge in [0.2, 0.25) is 0 Å². The summed E-state index contributed by atoms with van der Waals surface area (Å²) < 4.78 is 6.43. The van der Waals surface area contributed by atoms with Crippen molar-refractivity contribution in [3.63, 3.8) is 0 Å². The number of aromatic nitrogens is 3. The lowest BCUT2D eigenvalue weighted by Crippen LogP contribution is -2.24. The normalized spacial score (nSPS) is 11.0. The van der Waals surface area contributed by atoms with Crippen LogP contribution in [0.5, 0.6) is 0 Å². The molecule has 146 valence electrons. The Morgan fingerprint density at radius 3 is 2.28 bits per heavy atom. The van der Waals surface area contributed by atoms with Crippen molar-refractivity contribution in [2.24, 2.45) is 0 Å². The third kappa shape index (κ3) is 3.45. The number of fused-ring (bicyclic) bond motifs is 1. The van der Waals surface area contributed by atoms with E-state index in [1.54, 1.807) is 13.8 Å². The predicted octanol–water partition coefficient (Wildman–Crippen LogP) is 3.77. The molecule has 6 nitrogen and oxygen atoms in total. The molecule has 0 fully saturated rings. The Hall–Kier alpha value is -3.67. The summed E-state index contributed by atoms with van der Waals surface area (Å²) in [4.78, 5) is 29.9. The smallest absolute Gasteiger partial charge is 0.310 e. The number of esters is 1. The first-order valence-corrected chi connectivity index (χ1v) is 9.50.